The van der Waals surface area contributed by atoms with Crippen LogP contribution in [-0.4, -0.2) is 48.6 Å². The standard InChI is InChI=1S/C22H33N5O/c1-3-23-22(24-12-11-19-10-9-18(2)25-16-19)26-17-20(21-8-7-15-28-21)27-13-5-4-6-14-27/h7-10,15-16,20H,3-6,11-14,17H2,1-2H3,(H2,23,24,26). The highest BCUT2D eigenvalue weighted by Gasteiger charge is 2.24. The maximum absolute atomic E-state index is 5.73. The van der Waals surface area contributed by atoms with Gasteiger partial charge in [0.2, 0.25) is 0 Å². The lowest BCUT2D eigenvalue weighted by atomic mass is 10.1. The van der Waals surface area contributed by atoms with E-state index in [1.807, 2.05) is 19.2 Å². The number of aromatic nitrogens is 1. The van der Waals surface area contributed by atoms with Crippen molar-refractivity contribution in [3.8, 4) is 0 Å². The summed E-state index contributed by atoms with van der Waals surface area (Å²) in [6.45, 7) is 8.69. The minimum Gasteiger partial charge on any atom is -0.468 e. The Balaban J connectivity index is 1.59. The molecule has 0 amide bonds. The first-order valence-electron chi connectivity index (χ1n) is 10.5. The smallest absolute Gasteiger partial charge is 0.191 e. The maximum atomic E-state index is 5.73. The first kappa shape index (κ1) is 20.4. The van der Waals surface area contributed by atoms with Crippen molar-refractivity contribution in [2.24, 2.45) is 4.99 Å². The lowest BCUT2D eigenvalue weighted by Gasteiger charge is -2.32. The Hall–Kier alpha value is -2.34. The van der Waals surface area contributed by atoms with E-state index in [2.05, 4.69) is 45.6 Å². The molecule has 0 aliphatic carbocycles. The van der Waals surface area contributed by atoms with Crippen molar-refractivity contribution in [1.29, 1.82) is 0 Å². The highest BCUT2D eigenvalue weighted by molar-refractivity contribution is 5.79. The van der Waals surface area contributed by atoms with E-state index in [9.17, 15) is 0 Å². The molecule has 1 fully saturated rings. The van der Waals surface area contributed by atoms with Crippen molar-refractivity contribution >= 4 is 5.96 Å². The molecule has 6 nitrogen and oxygen atoms in total. The fourth-order valence-corrected chi connectivity index (χ4v) is 3.59. The fraction of sp³-hybridized carbons (Fsp3) is 0.545. The Morgan fingerprint density at radius 3 is 2.75 bits per heavy atom. The van der Waals surface area contributed by atoms with Gasteiger partial charge in [0, 0.05) is 25.0 Å². The number of rotatable bonds is 8. The number of aryl methyl sites for hydroxylation is 1. The number of furan rings is 1. The first-order valence-corrected chi connectivity index (χ1v) is 10.5. The number of guanidine groups is 1. The first-order chi connectivity index (χ1) is 13.8. The van der Waals surface area contributed by atoms with Crippen LogP contribution >= 0.6 is 0 Å². The van der Waals surface area contributed by atoms with E-state index in [1.165, 1.54) is 24.8 Å². The van der Waals surface area contributed by atoms with Gasteiger partial charge in [0.15, 0.2) is 5.96 Å². The fourth-order valence-electron chi connectivity index (χ4n) is 3.59. The second kappa shape index (κ2) is 10.9. The van der Waals surface area contributed by atoms with E-state index < -0.39 is 0 Å². The van der Waals surface area contributed by atoms with E-state index in [-0.39, 0.29) is 6.04 Å². The van der Waals surface area contributed by atoms with E-state index in [0.717, 1.165) is 50.0 Å². The molecular weight excluding hydrogens is 350 g/mol. The van der Waals surface area contributed by atoms with Crippen LogP contribution in [0.25, 0.3) is 0 Å². The molecular formula is C22H33N5O. The van der Waals surface area contributed by atoms with E-state index in [4.69, 9.17) is 9.41 Å². The summed E-state index contributed by atoms with van der Waals surface area (Å²) >= 11 is 0. The van der Waals surface area contributed by atoms with Gasteiger partial charge in [-0.1, -0.05) is 12.5 Å². The van der Waals surface area contributed by atoms with E-state index >= 15 is 0 Å². The normalized spacial score (nSPS) is 16.7. The molecule has 1 aliphatic rings. The molecule has 1 atom stereocenters. The summed E-state index contributed by atoms with van der Waals surface area (Å²) in [7, 11) is 0. The van der Waals surface area contributed by atoms with E-state index in [0.29, 0.717) is 6.54 Å². The summed E-state index contributed by atoms with van der Waals surface area (Å²) in [5.74, 6) is 1.86. The average molecular weight is 384 g/mol. The van der Waals surface area contributed by atoms with Crippen LogP contribution in [0.3, 0.4) is 0 Å². The Bertz CT molecular complexity index is 705. The number of pyridine rings is 1. The second-order valence-corrected chi connectivity index (χ2v) is 7.33. The molecule has 152 valence electrons. The zero-order valence-corrected chi connectivity index (χ0v) is 17.2. The molecule has 6 heteroatoms. The molecule has 0 saturated carbocycles. The number of nitrogens with zero attached hydrogens (tertiary/aromatic N) is 3. The quantitative estimate of drug-likeness (QED) is 0.541. The van der Waals surface area contributed by atoms with Gasteiger partial charge in [-0.2, -0.15) is 0 Å². The van der Waals surface area contributed by atoms with Crippen molar-refractivity contribution in [1.82, 2.24) is 20.5 Å². The molecule has 3 rings (SSSR count). The second-order valence-electron chi connectivity index (χ2n) is 7.33. The van der Waals surface area contributed by atoms with Crippen molar-refractivity contribution in [2.45, 2.75) is 45.6 Å². The number of hydrogen-bond donors (Lipinski definition) is 2. The van der Waals surface area contributed by atoms with Crippen LogP contribution in [0.4, 0.5) is 0 Å². The van der Waals surface area contributed by atoms with Crippen molar-refractivity contribution in [2.75, 3.05) is 32.7 Å². The predicted molar refractivity (Wildman–Crippen MR) is 114 cm³/mol. The third-order valence-corrected chi connectivity index (χ3v) is 5.15. The van der Waals surface area contributed by atoms with Crippen LogP contribution in [0.2, 0.25) is 0 Å². The zero-order valence-electron chi connectivity index (χ0n) is 17.2. The predicted octanol–water partition coefficient (Wildman–Crippen LogP) is 3.31. The van der Waals surface area contributed by atoms with Crippen molar-refractivity contribution in [3.05, 3.63) is 53.7 Å². The molecule has 2 N–H and O–H groups in total. The van der Waals surface area contributed by atoms with Gasteiger partial charge in [-0.3, -0.25) is 14.9 Å². The Kier molecular flexibility index (Phi) is 7.91. The number of piperidine rings is 1. The Labute approximate surface area is 168 Å². The molecule has 1 unspecified atom stereocenters. The van der Waals surface area contributed by atoms with Gasteiger partial charge in [0.1, 0.15) is 5.76 Å². The summed E-state index contributed by atoms with van der Waals surface area (Å²) in [5.41, 5.74) is 2.28. The summed E-state index contributed by atoms with van der Waals surface area (Å²) in [6.07, 6.45) is 8.46. The monoisotopic (exact) mass is 383 g/mol. The van der Waals surface area contributed by atoms with E-state index in [1.54, 1.807) is 6.26 Å². The SMILES string of the molecule is CCNC(=NCC(c1ccco1)N1CCCCC1)NCCc1ccc(C)nc1. The van der Waals surface area contributed by atoms with Crippen molar-refractivity contribution < 1.29 is 4.42 Å². The lowest BCUT2D eigenvalue weighted by molar-refractivity contribution is 0.150. The minimum absolute atomic E-state index is 0.201. The molecule has 1 saturated heterocycles. The van der Waals surface area contributed by atoms with Gasteiger partial charge < -0.3 is 15.1 Å². The Morgan fingerprint density at radius 1 is 1.21 bits per heavy atom. The summed E-state index contributed by atoms with van der Waals surface area (Å²) in [6, 6.07) is 8.43. The Morgan fingerprint density at radius 2 is 2.07 bits per heavy atom. The largest absolute Gasteiger partial charge is 0.468 e. The molecule has 0 radical (unpaired) electrons. The van der Waals surface area contributed by atoms with Gasteiger partial charge in [0.05, 0.1) is 18.8 Å². The van der Waals surface area contributed by atoms with Crippen LogP contribution in [0, 0.1) is 6.92 Å². The molecule has 0 spiro atoms. The topological polar surface area (TPSA) is 65.7 Å². The number of likely N-dealkylation sites (tertiary alicyclic amines) is 1. The van der Waals surface area contributed by atoms with Crippen LogP contribution in [0.15, 0.2) is 46.1 Å². The molecule has 0 aromatic carbocycles. The van der Waals surface area contributed by atoms with Crippen LogP contribution < -0.4 is 10.6 Å². The van der Waals surface area contributed by atoms with Gasteiger partial charge in [-0.05, 0) is 70.0 Å². The zero-order chi connectivity index (χ0) is 19.6. The molecule has 2 aromatic heterocycles. The summed E-state index contributed by atoms with van der Waals surface area (Å²) in [4.78, 5) is 11.7. The maximum Gasteiger partial charge on any atom is 0.191 e. The third kappa shape index (κ3) is 6.09. The molecule has 1 aliphatic heterocycles. The third-order valence-electron chi connectivity index (χ3n) is 5.15. The van der Waals surface area contributed by atoms with Gasteiger partial charge in [-0.25, -0.2) is 0 Å². The summed E-state index contributed by atoms with van der Waals surface area (Å²) in [5, 5.41) is 6.81. The van der Waals surface area contributed by atoms with Crippen LogP contribution in [-0.2, 0) is 6.42 Å². The summed E-state index contributed by atoms with van der Waals surface area (Å²) < 4.78 is 5.73. The van der Waals surface area contributed by atoms with Crippen molar-refractivity contribution in [3.63, 3.8) is 0 Å². The molecule has 0 bridgehead atoms. The minimum atomic E-state index is 0.201. The van der Waals surface area contributed by atoms with Gasteiger partial charge >= 0.3 is 0 Å². The molecule has 3 heterocycles. The van der Waals surface area contributed by atoms with Gasteiger partial charge in [-0.15, -0.1) is 0 Å². The highest BCUT2D eigenvalue weighted by Crippen LogP contribution is 2.25. The molecule has 2 aromatic rings. The number of hydrogen-bond acceptors (Lipinski definition) is 4. The average Bonchev–Trinajstić information content (AvgIpc) is 3.25. The van der Waals surface area contributed by atoms with Crippen LogP contribution in [0.1, 0.15) is 49.2 Å². The highest BCUT2D eigenvalue weighted by atomic mass is 16.3. The number of aliphatic imine (C=N–C) groups is 1. The van der Waals surface area contributed by atoms with Gasteiger partial charge in [0.25, 0.3) is 0 Å². The van der Waals surface area contributed by atoms with Crippen LogP contribution in [0.5, 0.6) is 0 Å². The molecule has 28 heavy (non-hydrogen) atoms. The lowest BCUT2D eigenvalue weighted by Crippen LogP contribution is -2.40. The number of nitrogens with one attached hydrogen (secondary N) is 2.